The largest absolute Gasteiger partial charge is 0.496 e. The molecule has 0 aliphatic carbocycles. The molecule has 0 saturated carbocycles. The van der Waals surface area contributed by atoms with Crippen LogP contribution in [0.5, 0.6) is 5.75 Å². The lowest BCUT2D eigenvalue weighted by molar-refractivity contribution is -0.111. The maximum absolute atomic E-state index is 12.4. The van der Waals surface area contributed by atoms with Gasteiger partial charge in [0.05, 0.1) is 7.11 Å². The molecule has 1 amide bonds. The van der Waals surface area contributed by atoms with Gasteiger partial charge in [0.2, 0.25) is 11.7 Å². The minimum absolute atomic E-state index is 0.170. The number of rotatable bonds is 6. The Morgan fingerprint density at radius 2 is 1.89 bits per heavy atom. The summed E-state index contributed by atoms with van der Waals surface area (Å²) >= 11 is 0. The number of hydrogen-bond acceptors (Lipinski definition) is 4. The molecule has 0 aliphatic rings. The van der Waals surface area contributed by atoms with E-state index in [1.807, 2.05) is 25.1 Å². The fourth-order valence-corrected chi connectivity index (χ4v) is 2.75. The molecule has 0 aliphatic heterocycles. The molecule has 0 atom stereocenters. The molecule has 0 unspecified atom stereocenters. The van der Waals surface area contributed by atoms with Gasteiger partial charge in [-0.05, 0) is 49.4 Å². The van der Waals surface area contributed by atoms with Crippen molar-refractivity contribution in [1.29, 1.82) is 0 Å². The van der Waals surface area contributed by atoms with Crippen LogP contribution in [0.3, 0.4) is 0 Å². The monoisotopic (exact) mass is 375 g/mol. The first-order chi connectivity index (χ1) is 13.5. The van der Waals surface area contributed by atoms with Gasteiger partial charge in [-0.1, -0.05) is 11.6 Å². The number of nitrogens with one attached hydrogen (secondary N) is 1. The smallest absolute Gasteiger partial charge is 0.248 e. The van der Waals surface area contributed by atoms with Crippen LogP contribution in [0.15, 0.2) is 60.9 Å². The Morgan fingerprint density at radius 1 is 1.14 bits per heavy atom. The number of aromatic nitrogens is 2. The van der Waals surface area contributed by atoms with Gasteiger partial charge in [-0.2, -0.15) is 0 Å². The lowest BCUT2D eigenvalue weighted by Gasteiger charge is -2.06. The molecule has 6 nitrogen and oxygen atoms in total. The molecular formula is C22H21N3O3. The summed E-state index contributed by atoms with van der Waals surface area (Å²) in [5.74, 6) is 0.627. The number of aryl methyl sites for hydroxylation is 2. The van der Waals surface area contributed by atoms with Gasteiger partial charge in [0.15, 0.2) is 5.82 Å². The highest BCUT2D eigenvalue weighted by Crippen LogP contribution is 2.21. The molecule has 1 heterocycles. The zero-order valence-corrected chi connectivity index (χ0v) is 16.0. The highest BCUT2D eigenvalue weighted by molar-refractivity contribution is 6.07. The number of carbonyl (C=O) groups excluding carboxylic acids is 2. The Morgan fingerprint density at radius 3 is 2.54 bits per heavy atom. The van der Waals surface area contributed by atoms with E-state index in [1.165, 1.54) is 6.08 Å². The van der Waals surface area contributed by atoms with E-state index in [9.17, 15) is 9.59 Å². The standard InChI is InChI=1S/C22H21N3O3/c1-15-4-10-19(28-3)17(14-15)7-11-20(26)24-18-8-5-16(6-9-18)21(27)22-23-12-13-25(22)2/h4-14H,1-3H3,(H,24,26). The number of amides is 1. The third-order valence-corrected chi connectivity index (χ3v) is 4.24. The molecule has 3 rings (SSSR count). The Labute approximate surface area is 163 Å². The molecule has 0 radical (unpaired) electrons. The Balaban J connectivity index is 1.67. The molecule has 2 aromatic carbocycles. The van der Waals surface area contributed by atoms with Crippen molar-refractivity contribution in [3.8, 4) is 5.75 Å². The highest BCUT2D eigenvalue weighted by Gasteiger charge is 2.13. The van der Waals surface area contributed by atoms with E-state index in [1.54, 1.807) is 61.5 Å². The second-order valence-corrected chi connectivity index (χ2v) is 6.34. The summed E-state index contributed by atoms with van der Waals surface area (Å²) in [7, 11) is 3.36. The van der Waals surface area contributed by atoms with E-state index in [0.717, 1.165) is 11.1 Å². The lowest BCUT2D eigenvalue weighted by Crippen LogP contribution is -2.10. The highest BCUT2D eigenvalue weighted by atomic mass is 16.5. The van der Waals surface area contributed by atoms with Crippen molar-refractivity contribution in [3.05, 3.63) is 83.4 Å². The van der Waals surface area contributed by atoms with E-state index in [4.69, 9.17) is 4.74 Å². The summed E-state index contributed by atoms with van der Waals surface area (Å²) in [5.41, 5.74) is 3.01. The minimum atomic E-state index is -0.272. The summed E-state index contributed by atoms with van der Waals surface area (Å²) < 4.78 is 6.97. The van der Waals surface area contributed by atoms with Gasteiger partial charge in [-0.3, -0.25) is 9.59 Å². The first kappa shape index (κ1) is 19.1. The zero-order valence-electron chi connectivity index (χ0n) is 16.0. The number of anilines is 1. The predicted molar refractivity (Wildman–Crippen MR) is 108 cm³/mol. The van der Waals surface area contributed by atoms with Crippen molar-refractivity contribution in [3.63, 3.8) is 0 Å². The molecule has 0 fully saturated rings. The minimum Gasteiger partial charge on any atom is -0.496 e. The maximum Gasteiger partial charge on any atom is 0.248 e. The molecule has 6 heteroatoms. The van der Waals surface area contributed by atoms with Crippen LogP contribution in [0.25, 0.3) is 6.08 Å². The third-order valence-electron chi connectivity index (χ3n) is 4.24. The molecule has 0 bridgehead atoms. The average Bonchev–Trinajstić information content (AvgIpc) is 3.12. The summed E-state index contributed by atoms with van der Waals surface area (Å²) in [5, 5.41) is 2.78. The van der Waals surface area contributed by atoms with Gasteiger partial charge >= 0.3 is 0 Å². The first-order valence-corrected chi connectivity index (χ1v) is 8.73. The van der Waals surface area contributed by atoms with Crippen LogP contribution in [0.1, 0.15) is 27.3 Å². The van der Waals surface area contributed by atoms with Gasteiger partial charge in [0.1, 0.15) is 5.75 Å². The topological polar surface area (TPSA) is 73.2 Å². The second-order valence-electron chi connectivity index (χ2n) is 6.34. The van der Waals surface area contributed by atoms with Crippen molar-refractivity contribution in [1.82, 2.24) is 9.55 Å². The Kier molecular flexibility index (Phi) is 5.69. The van der Waals surface area contributed by atoms with Gasteiger partial charge in [-0.15, -0.1) is 0 Å². The number of ketones is 1. The summed E-state index contributed by atoms with van der Waals surface area (Å²) in [4.78, 5) is 28.7. The van der Waals surface area contributed by atoms with Gasteiger partial charge < -0.3 is 14.6 Å². The number of benzene rings is 2. The average molecular weight is 375 g/mol. The van der Waals surface area contributed by atoms with Crippen LogP contribution < -0.4 is 10.1 Å². The third kappa shape index (κ3) is 4.35. The fourth-order valence-electron chi connectivity index (χ4n) is 2.75. The normalized spacial score (nSPS) is 10.8. The van der Waals surface area contributed by atoms with Crippen molar-refractivity contribution >= 4 is 23.5 Å². The molecule has 28 heavy (non-hydrogen) atoms. The summed E-state index contributed by atoms with van der Waals surface area (Å²) in [6, 6.07) is 12.5. The second kappa shape index (κ2) is 8.35. The number of carbonyl (C=O) groups is 2. The van der Waals surface area contributed by atoms with Crippen molar-refractivity contribution < 1.29 is 14.3 Å². The van der Waals surface area contributed by atoms with E-state index < -0.39 is 0 Å². The number of methoxy groups -OCH3 is 1. The quantitative estimate of drug-likeness (QED) is 0.528. The fraction of sp³-hybridized carbons (Fsp3) is 0.136. The summed E-state index contributed by atoms with van der Waals surface area (Å²) in [6.07, 6.45) is 6.46. The number of imidazole rings is 1. The van der Waals surface area contributed by atoms with Gasteiger partial charge in [0.25, 0.3) is 0 Å². The van der Waals surface area contributed by atoms with Crippen LogP contribution >= 0.6 is 0 Å². The molecule has 0 saturated heterocycles. The van der Waals surface area contributed by atoms with E-state index in [0.29, 0.717) is 22.8 Å². The SMILES string of the molecule is COc1ccc(C)cc1C=CC(=O)Nc1ccc(C(=O)c2nccn2C)cc1. The number of hydrogen-bond donors (Lipinski definition) is 1. The van der Waals surface area contributed by atoms with Crippen LogP contribution in [-0.4, -0.2) is 28.4 Å². The molecule has 3 aromatic rings. The molecule has 142 valence electrons. The van der Waals surface area contributed by atoms with Crippen LogP contribution in [0.2, 0.25) is 0 Å². The number of ether oxygens (including phenoxy) is 1. The maximum atomic E-state index is 12.4. The van der Waals surface area contributed by atoms with Crippen molar-refractivity contribution in [2.45, 2.75) is 6.92 Å². The van der Waals surface area contributed by atoms with Crippen molar-refractivity contribution in [2.24, 2.45) is 7.05 Å². The number of nitrogens with zero attached hydrogens (tertiary/aromatic N) is 2. The predicted octanol–water partition coefficient (Wildman–Crippen LogP) is 3.62. The van der Waals surface area contributed by atoms with Crippen LogP contribution in [0, 0.1) is 6.92 Å². The van der Waals surface area contributed by atoms with Gasteiger partial charge in [0, 0.05) is 42.3 Å². The van der Waals surface area contributed by atoms with Crippen molar-refractivity contribution in [2.75, 3.05) is 12.4 Å². The molecular weight excluding hydrogens is 354 g/mol. The van der Waals surface area contributed by atoms with Crippen LogP contribution in [0.4, 0.5) is 5.69 Å². The van der Waals surface area contributed by atoms with Gasteiger partial charge in [-0.25, -0.2) is 4.98 Å². The van der Waals surface area contributed by atoms with E-state index in [2.05, 4.69) is 10.3 Å². The Hall–Kier alpha value is -3.67. The molecule has 1 aromatic heterocycles. The van der Waals surface area contributed by atoms with E-state index >= 15 is 0 Å². The molecule has 1 N–H and O–H groups in total. The first-order valence-electron chi connectivity index (χ1n) is 8.73. The zero-order chi connectivity index (χ0) is 20.1. The van der Waals surface area contributed by atoms with E-state index in [-0.39, 0.29) is 11.7 Å². The summed E-state index contributed by atoms with van der Waals surface area (Å²) in [6.45, 7) is 1.98. The Bertz CT molecular complexity index is 1030. The molecule has 0 spiro atoms. The lowest BCUT2D eigenvalue weighted by atomic mass is 10.1. The van der Waals surface area contributed by atoms with Crippen LogP contribution in [-0.2, 0) is 11.8 Å².